The van der Waals surface area contributed by atoms with Gasteiger partial charge in [-0.05, 0) is 67.6 Å². The molecule has 0 saturated heterocycles. The highest BCUT2D eigenvalue weighted by Crippen LogP contribution is 2.63. The van der Waals surface area contributed by atoms with E-state index in [1.165, 1.54) is 51.4 Å². The molecular weight excluding hydrogens is 256 g/mol. The average Bonchev–Trinajstić information content (AvgIpc) is 2.76. The van der Waals surface area contributed by atoms with Crippen molar-refractivity contribution in [2.45, 2.75) is 84.7 Å². The SMILES string of the molecule is CC1(C)CCC2=C1CCC1C2[C@@H](O)CC2CCCC[C@@]21C. The van der Waals surface area contributed by atoms with Crippen LogP contribution in [0.3, 0.4) is 0 Å². The predicted molar refractivity (Wildman–Crippen MR) is 86.9 cm³/mol. The maximum atomic E-state index is 10.9. The molecule has 0 amide bonds. The molecule has 1 heteroatoms. The number of hydrogen-bond donors (Lipinski definition) is 1. The normalized spacial score (nSPS) is 48.6. The Morgan fingerprint density at radius 2 is 1.81 bits per heavy atom. The van der Waals surface area contributed by atoms with Gasteiger partial charge in [-0.3, -0.25) is 0 Å². The monoisotopic (exact) mass is 288 g/mol. The third kappa shape index (κ3) is 1.92. The molecule has 118 valence electrons. The van der Waals surface area contributed by atoms with Crippen molar-refractivity contribution in [1.29, 1.82) is 0 Å². The first-order valence-electron chi connectivity index (χ1n) is 9.34. The summed E-state index contributed by atoms with van der Waals surface area (Å²) in [6.45, 7) is 7.43. The molecule has 4 aliphatic rings. The first-order chi connectivity index (χ1) is 9.93. The number of hydrogen-bond acceptors (Lipinski definition) is 1. The van der Waals surface area contributed by atoms with E-state index in [0.29, 0.717) is 16.7 Å². The van der Waals surface area contributed by atoms with E-state index >= 15 is 0 Å². The Morgan fingerprint density at radius 1 is 1.00 bits per heavy atom. The van der Waals surface area contributed by atoms with Crippen LogP contribution in [0.4, 0.5) is 0 Å². The minimum absolute atomic E-state index is 0.0506. The van der Waals surface area contributed by atoms with Crippen LogP contribution in [-0.2, 0) is 0 Å². The largest absolute Gasteiger partial charge is 0.392 e. The molecule has 1 N–H and O–H groups in total. The molecule has 5 atom stereocenters. The molecular formula is C20H32O. The number of rotatable bonds is 0. The summed E-state index contributed by atoms with van der Waals surface area (Å²) in [5.74, 6) is 2.06. The van der Waals surface area contributed by atoms with E-state index in [1.807, 2.05) is 0 Å². The van der Waals surface area contributed by atoms with Crippen molar-refractivity contribution in [2.75, 3.05) is 0 Å². The lowest BCUT2D eigenvalue weighted by Crippen LogP contribution is -2.52. The maximum Gasteiger partial charge on any atom is 0.0611 e. The van der Waals surface area contributed by atoms with Gasteiger partial charge in [-0.15, -0.1) is 0 Å². The quantitative estimate of drug-likeness (QED) is 0.616. The van der Waals surface area contributed by atoms with Crippen molar-refractivity contribution in [1.82, 2.24) is 0 Å². The van der Waals surface area contributed by atoms with Crippen molar-refractivity contribution in [3.8, 4) is 0 Å². The average molecular weight is 288 g/mol. The number of fused-ring (bicyclic) bond motifs is 4. The van der Waals surface area contributed by atoms with Gasteiger partial charge in [0.1, 0.15) is 0 Å². The first-order valence-corrected chi connectivity index (χ1v) is 9.34. The van der Waals surface area contributed by atoms with E-state index < -0.39 is 0 Å². The summed E-state index contributed by atoms with van der Waals surface area (Å²) in [5, 5.41) is 10.9. The van der Waals surface area contributed by atoms with E-state index in [0.717, 1.165) is 18.3 Å². The van der Waals surface area contributed by atoms with Crippen molar-refractivity contribution >= 4 is 0 Å². The van der Waals surface area contributed by atoms with Gasteiger partial charge < -0.3 is 5.11 Å². The minimum Gasteiger partial charge on any atom is -0.392 e. The van der Waals surface area contributed by atoms with E-state index in [1.54, 1.807) is 11.1 Å². The number of allylic oxidation sites excluding steroid dienone is 1. The van der Waals surface area contributed by atoms with Crippen molar-refractivity contribution in [3.63, 3.8) is 0 Å². The topological polar surface area (TPSA) is 20.2 Å². The van der Waals surface area contributed by atoms with Crippen LogP contribution in [0.15, 0.2) is 11.1 Å². The minimum atomic E-state index is -0.0506. The Hall–Kier alpha value is -0.300. The molecule has 21 heavy (non-hydrogen) atoms. The number of aliphatic hydroxyl groups is 1. The van der Waals surface area contributed by atoms with E-state index in [-0.39, 0.29) is 6.10 Å². The van der Waals surface area contributed by atoms with Gasteiger partial charge >= 0.3 is 0 Å². The molecule has 0 aliphatic heterocycles. The molecule has 0 aromatic heterocycles. The highest BCUT2D eigenvalue weighted by Gasteiger charge is 2.55. The Morgan fingerprint density at radius 3 is 2.62 bits per heavy atom. The Balaban J connectivity index is 1.73. The second kappa shape index (κ2) is 4.60. The predicted octanol–water partition coefficient (Wildman–Crippen LogP) is 5.09. The molecule has 0 bridgehead atoms. The third-order valence-corrected chi connectivity index (χ3v) is 8.00. The summed E-state index contributed by atoms with van der Waals surface area (Å²) in [5.41, 5.74) is 4.37. The van der Waals surface area contributed by atoms with Crippen LogP contribution in [0.5, 0.6) is 0 Å². The first kappa shape index (κ1) is 14.3. The fourth-order valence-corrected chi connectivity index (χ4v) is 6.76. The van der Waals surface area contributed by atoms with Gasteiger partial charge in [-0.25, -0.2) is 0 Å². The second-order valence-corrected chi connectivity index (χ2v) is 9.31. The van der Waals surface area contributed by atoms with Gasteiger partial charge in [0, 0.05) is 5.92 Å². The zero-order chi connectivity index (χ0) is 14.8. The summed E-state index contributed by atoms with van der Waals surface area (Å²) in [7, 11) is 0. The second-order valence-electron chi connectivity index (χ2n) is 9.31. The van der Waals surface area contributed by atoms with Gasteiger partial charge in [0.2, 0.25) is 0 Å². The van der Waals surface area contributed by atoms with Gasteiger partial charge in [-0.2, -0.15) is 0 Å². The fourth-order valence-electron chi connectivity index (χ4n) is 6.76. The van der Waals surface area contributed by atoms with Crippen LogP contribution in [0, 0.1) is 28.6 Å². The molecule has 4 rings (SSSR count). The summed E-state index contributed by atoms with van der Waals surface area (Å²) in [6, 6.07) is 0. The Labute approximate surface area is 130 Å². The zero-order valence-electron chi connectivity index (χ0n) is 14.1. The van der Waals surface area contributed by atoms with Crippen LogP contribution in [0.2, 0.25) is 0 Å². The zero-order valence-corrected chi connectivity index (χ0v) is 14.1. The van der Waals surface area contributed by atoms with E-state index in [4.69, 9.17) is 0 Å². The van der Waals surface area contributed by atoms with Gasteiger partial charge in [0.15, 0.2) is 0 Å². The molecule has 2 saturated carbocycles. The van der Waals surface area contributed by atoms with Crippen molar-refractivity contribution in [3.05, 3.63) is 11.1 Å². The van der Waals surface area contributed by atoms with Crippen LogP contribution < -0.4 is 0 Å². The summed E-state index contributed by atoms with van der Waals surface area (Å²) in [4.78, 5) is 0. The van der Waals surface area contributed by atoms with Crippen LogP contribution >= 0.6 is 0 Å². The maximum absolute atomic E-state index is 10.9. The summed E-state index contributed by atoms with van der Waals surface area (Å²) >= 11 is 0. The van der Waals surface area contributed by atoms with Crippen molar-refractivity contribution < 1.29 is 5.11 Å². The third-order valence-electron chi connectivity index (χ3n) is 8.00. The van der Waals surface area contributed by atoms with Crippen LogP contribution in [0.25, 0.3) is 0 Å². The standard InChI is InChI=1S/C20H32O/c1-19(2)11-9-14-15(19)7-8-16-18(14)17(21)12-13-6-4-5-10-20(13,16)3/h13,16-18,21H,4-12H2,1-3H3/t13?,16?,17-,18?,20-/m0/s1. The van der Waals surface area contributed by atoms with Crippen LogP contribution in [0.1, 0.15) is 78.6 Å². The van der Waals surface area contributed by atoms with E-state index in [9.17, 15) is 5.11 Å². The fraction of sp³-hybridized carbons (Fsp3) is 0.900. The van der Waals surface area contributed by atoms with Gasteiger partial charge in [0.25, 0.3) is 0 Å². The molecule has 0 aromatic carbocycles. The summed E-state index contributed by atoms with van der Waals surface area (Å²) in [6.07, 6.45) is 11.9. The highest BCUT2D eigenvalue weighted by molar-refractivity contribution is 5.34. The van der Waals surface area contributed by atoms with Gasteiger partial charge in [-0.1, -0.05) is 44.8 Å². The highest BCUT2D eigenvalue weighted by atomic mass is 16.3. The molecule has 3 unspecified atom stereocenters. The van der Waals surface area contributed by atoms with E-state index in [2.05, 4.69) is 20.8 Å². The smallest absolute Gasteiger partial charge is 0.0611 e. The molecule has 0 aromatic rings. The van der Waals surface area contributed by atoms with Crippen molar-refractivity contribution in [2.24, 2.45) is 28.6 Å². The molecule has 0 heterocycles. The molecule has 0 radical (unpaired) electrons. The number of aliphatic hydroxyl groups excluding tert-OH is 1. The van der Waals surface area contributed by atoms with Crippen LogP contribution in [-0.4, -0.2) is 11.2 Å². The molecule has 2 fully saturated rings. The lowest BCUT2D eigenvalue weighted by molar-refractivity contribution is -0.0955. The lowest BCUT2D eigenvalue weighted by atomic mass is 9.48. The Kier molecular flexibility index (Phi) is 3.13. The molecule has 1 nitrogen and oxygen atoms in total. The van der Waals surface area contributed by atoms with Gasteiger partial charge in [0.05, 0.1) is 6.10 Å². The lowest BCUT2D eigenvalue weighted by Gasteiger charge is -2.57. The molecule has 0 spiro atoms. The summed E-state index contributed by atoms with van der Waals surface area (Å²) < 4.78 is 0. The Bertz CT molecular complexity index is 474. The molecule has 4 aliphatic carbocycles.